The smallest absolute Gasteiger partial charge is 0.278 e. The lowest BCUT2D eigenvalue weighted by Crippen LogP contribution is -2.70. The minimum Gasteiger partial charge on any atom is -0.502 e. The van der Waals surface area contributed by atoms with Crippen LogP contribution in [0, 0.1) is 5.82 Å². The summed E-state index contributed by atoms with van der Waals surface area (Å²) in [5, 5.41) is 10.7. The van der Waals surface area contributed by atoms with Gasteiger partial charge in [-0.2, -0.15) is 0 Å². The Morgan fingerprint density at radius 2 is 1.97 bits per heavy atom. The van der Waals surface area contributed by atoms with Crippen LogP contribution < -0.4 is 10.9 Å². The van der Waals surface area contributed by atoms with Crippen LogP contribution in [0.15, 0.2) is 52.2 Å². The molecule has 0 saturated carbocycles. The van der Waals surface area contributed by atoms with E-state index in [1.54, 1.807) is 22.7 Å². The van der Waals surface area contributed by atoms with Gasteiger partial charge in [0.15, 0.2) is 11.4 Å². The van der Waals surface area contributed by atoms with Crippen LogP contribution in [0.3, 0.4) is 0 Å². The third-order valence-corrected chi connectivity index (χ3v) is 8.55. The van der Waals surface area contributed by atoms with Crippen LogP contribution >= 0.6 is 11.8 Å². The summed E-state index contributed by atoms with van der Waals surface area (Å²) in [6, 6.07) is 12.3. The number of ether oxygens (including phenoxy) is 2. The molecule has 2 fully saturated rings. The van der Waals surface area contributed by atoms with E-state index in [9.17, 15) is 14.7 Å². The van der Waals surface area contributed by atoms with Gasteiger partial charge in [0.05, 0.1) is 32.1 Å². The van der Waals surface area contributed by atoms with Crippen LogP contribution in [-0.4, -0.2) is 58.7 Å². The van der Waals surface area contributed by atoms with Gasteiger partial charge < -0.3 is 24.9 Å². The van der Waals surface area contributed by atoms with Crippen molar-refractivity contribution in [2.45, 2.75) is 28.8 Å². The second kappa shape index (κ2) is 7.83. The molecule has 0 unspecified atom stereocenters. The number of pyridine rings is 1. The lowest BCUT2D eigenvalue weighted by atomic mass is 9.92. The van der Waals surface area contributed by atoms with Gasteiger partial charge in [-0.25, -0.2) is 9.07 Å². The highest BCUT2D eigenvalue weighted by Gasteiger charge is 2.50. The standard InChI is InChI=1S/C26H22FN3O5S/c27-18-6-5-15(16-7-14-3-1-2-4-21(14)36-10-17(16)18)19-8-20(31)24(32)23-25(33)29-11-26(12-34-13-26)35-9-22(29)28-30(19)23/h1-6,8,22,28,32H,7,9-13H2/t22-/m0/s1. The molecule has 2 saturated heterocycles. The first kappa shape index (κ1) is 21.9. The summed E-state index contributed by atoms with van der Waals surface area (Å²) in [6.45, 7) is 1.31. The Kier molecular flexibility index (Phi) is 4.76. The number of morpholine rings is 1. The predicted octanol–water partition coefficient (Wildman–Crippen LogP) is 2.68. The molecule has 0 bridgehead atoms. The number of fused-ring (bicyclic) bond motifs is 4. The maximum atomic E-state index is 15.0. The minimum atomic E-state index is -0.665. The minimum absolute atomic E-state index is 0.132. The van der Waals surface area contributed by atoms with E-state index in [1.165, 1.54) is 16.8 Å². The summed E-state index contributed by atoms with van der Waals surface area (Å²) in [6.07, 6.45) is -0.0160. The molecule has 1 spiro atoms. The molecule has 2 aromatic carbocycles. The summed E-state index contributed by atoms with van der Waals surface area (Å²) in [5.41, 5.74) is 5.34. The Morgan fingerprint density at radius 3 is 2.78 bits per heavy atom. The third-order valence-electron chi connectivity index (χ3n) is 7.41. The van der Waals surface area contributed by atoms with Gasteiger partial charge in [-0.15, -0.1) is 11.8 Å². The highest BCUT2D eigenvalue weighted by Crippen LogP contribution is 2.40. The van der Waals surface area contributed by atoms with E-state index < -0.39 is 28.9 Å². The zero-order valence-electron chi connectivity index (χ0n) is 19.1. The maximum absolute atomic E-state index is 15.0. The Labute approximate surface area is 209 Å². The fourth-order valence-corrected chi connectivity index (χ4v) is 6.56. The molecule has 184 valence electrons. The van der Waals surface area contributed by atoms with E-state index >= 15 is 4.39 Å². The number of nitrogens with one attached hydrogen (secondary N) is 1. The fraction of sp³-hybridized carbons (Fsp3) is 0.308. The van der Waals surface area contributed by atoms with Crippen LogP contribution in [0.1, 0.15) is 27.2 Å². The van der Waals surface area contributed by atoms with Crippen molar-refractivity contribution in [1.29, 1.82) is 0 Å². The number of thioether (sulfide) groups is 1. The Morgan fingerprint density at radius 1 is 1.14 bits per heavy atom. The molecule has 5 heterocycles. The van der Waals surface area contributed by atoms with Gasteiger partial charge in [0.1, 0.15) is 17.6 Å². The molecular weight excluding hydrogens is 485 g/mol. The number of carbonyl (C=O) groups excluding carboxylic acids is 1. The van der Waals surface area contributed by atoms with Crippen LogP contribution in [0.5, 0.6) is 5.75 Å². The van der Waals surface area contributed by atoms with Gasteiger partial charge in [-0.3, -0.25) is 9.59 Å². The molecule has 2 N–H and O–H groups in total. The molecule has 0 aliphatic carbocycles. The van der Waals surface area contributed by atoms with Crippen molar-refractivity contribution in [3.05, 3.63) is 80.9 Å². The Balaban J connectivity index is 1.40. The van der Waals surface area contributed by atoms with Crippen molar-refractivity contribution in [2.75, 3.05) is 31.8 Å². The number of halogens is 1. The molecule has 3 aromatic rings. The average Bonchev–Trinajstić information content (AvgIpc) is 3.06. The molecule has 8 nitrogen and oxygen atoms in total. The number of nitrogens with zero attached hydrogens (tertiary/aromatic N) is 2. The van der Waals surface area contributed by atoms with Gasteiger partial charge in [-0.05, 0) is 35.7 Å². The van der Waals surface area contributed by atoms with Crippen LogP contribution in [0.25, 0.3) is 11.3 Å². The first-order chi connectivity index (χ1) is 17.4. The molecule has 1 aromatic heterocycles. The van der Waals surface area contributed by atoms with Gasteiger partial charge in [0.2, 0.25) is 5.43 Å². The maximum Gasteiger partial charge on any atom is 0.278 e. The molecule has 4 aliphatic rings. The molecular formula is C26H22FN3O5S. The van der Waals surface area contributed by atoms with Gasteiger partial charge >= 0.3 is 0 Å². The SMILES string of the molecule is O=C1c2c(O)c(=O)cc(-c3ccc(F)c4c3Cc3ccccc3SC4)n2N[C@@H]2COC3(COC3)CN12. The van der Waals surface area contributed by atoms with Crippen molar-refractivity contribution >= 4 is 17.7 Å². The van der Waals surface area contributed by atoms with Crippen molar-refractivity contribution in [1.82, 2.24) is 9.58 Å². The monoisotopic (exact) mass is 507 g/mol. The third kappa shape index (κ3) is 3.14. The van der Waals surface area contributed by atoms with E-state index in [0.29, 0.717) is 48.8 Å². The van der Waals surface area contributed by atoms with Gasteiger partial charge in [-0.1, -0.05) is 18.2 Å². The van der Waals surface area contributed by atoms with Crippen molar-refractivity contribution in [2.24, 2.45) is 0 Å². The number of benzene rings is 2. The normalized spacial score (nSPS) is 21.4. The molecule has 0 radical (unpaired) electrons. The highest BCUT2D eigenvalue weighted by atomic mass is 32.2. The number of amides is 1. The van der Waals surface area contributed by atoms with Crippen LogP contribution in [0.4, 0.5) is 4.39 Å². The van der Waals surface area contributed by atoms with E-state index in [-0.39, 0.29) is 18.1 Å². The van der Waals surface area contributed by atoms with Gasteiger partial charge in [0.25, 0.3) is 5.91 Å². The van der Waals surface area contributed by atoms with Crippen LogP contribution in [-0.2, 0) is 21.6 Å². The van der Waals surface area contributed by atoms with Gasteiger partial charge in [0, 0.05) is 27.8 Å². The Bertz CT molecular complexity index is 1500. The predicted molar refractivity (Wildman–Crippen MR) is 130 cm³/mol. The fourth-order valence-electron chi connectivity index (χ4n) is 5.44. The van der Waals surface area contributed by atoms with E-state index in [1.807, 2.05) is 24.3 Å². The second-order valence-electron chi connectivity index (χ2n) is 9.62. The number of rotatable bonds is 1. The second-order valence-corrected chi connectivity index (χ2v) is 10.6. The molecule has 7 rings (SSSR count). The van der Waals surface area contributed by atoms with Crippen LogP contribution in [0.2, 0.25) is 0 Å². The first-order valence-corrected chi connectivity index (χ1v) is 12.7. The number of aromatic nitrogens is 1. The summed E-state index contributed by atoms with van der Waals surface area (Å²) in [5.74, 6) is -0.937. The Hall–Kier alpha value is -3.34. The topological polar surface area (TPSA) is 93.0 Å². The van der Waals surface area contributed by atoms with E-state index in [4.69, 9.17) is 9.47 Å². The number of aromatic hydroxyl groups is 1. The lowest BCUT2D eigenvalue weighted by molar-refractivity contribution is -0.241. The largest absolute Gasteiger partial charge is 0.502 e. The average molecular weight is 508 g/mol. The quantitative estimate of drug-likeness (QED) is 0.523. The lowest BCUT2D eigenvalue weighted by Gasteiger charge is -2.52. The summed E-state index contributed by atoms with van der Waals surface area (Å²) in [4.78, 5) is 29.2. The number of carbonyl (C=O) groups is 1. The summed E-state index contributed by atoms with van der Waals surface area (Å²) in [7, 11) is 0. The van der Waals surface area contributed by atoms with E-state index in [2.05, 4.69) is 5.43 Å². The molecule has 1 amide bonds. The zero-order valence-corrected chi connectivity index (χ0v) is 19.9. The number of hydrogen-bond acceptors (Lipinski definition) is 7. The molecule has 1 atom stereocenters. The summed E-state index contributed by atoms with van der Waals surface area (Å²) >= 11 is 1.58. The van der Waals surface area contributed by atoms with Crippen molar-refractivity contribution in [3.8, 4) is 17.0 Å². The molecule has 10 heteroatoms. The van der Waals surface area contributed by atoms with Crippen molar-refractivity contribution < 1.29 is 23.8 Å². The number of hydrogen-bond donors (Lipinski definition) is 2. The van der Waals surface area contributed by atoms with Crippen molar-refractivity contribution in [3.63, 3.8) is 0 Å². The first-order valence-electron chi connectivity index (χ1n) is 11.7. The zero-order chi connectivity index (χ0) is 24.6. The van der Waals surface area contributed by atoms with E-state index in [0.717, 1.165) is 16.0 Å². The highest BCUT2D eigenvalue weighted by molar-refractivity contribution is 7.98. The summed E-state index contributed by atoms with van der Waals surface area (Å²) < 4.78 is 27.8. The molecule has 36 heavy (non-hydrogen) atoms. The molecule has 4 aliphatic heterocycles.